The summed E-state index contributed by atoms with van der Waals surface area (Å²) in [7, 11) is 0. The summed E-state index contributed by atoms with van der Waals surface area (Å²) in [5.74, 6) is 0.962. The molecule has 1 aliphatic rings. The maximum absolute atomic E-state index is 8.85. The lowest BCUT2D eigenvalue weighted by atomic mass is 9.88. The molecular weight excluding hydrogens is 260 g/mol. The summed E-state index contributed by atoms with van der Waals surface area (Å²) in [6.45, 7) is 0.745. The molecule has 1 N–H and O–H groups in total. The smallest absolute Gasteiger partial charge is 0.123 e. The van der Waals surface area contributed by atoms with Crippen LogP contribution in [0.4, 0.5) is 0 Å². The van der Waals surface area contributed by atoms with Crippen molar-refractivity contribution in [2.75, 3.05) is 13.2 Å². The van der Waals surface area contributed by atoms with Crippen LogP contribution in [0.25, 0.3) is 11.6 Å². The minimum Gasteiger partial charge on any atom is -0.493 e. The number of aliphatic hydroxyl groups excluding tert-OH is 1. The van der Waals surface area contributed by atoms with E-state index in [0.29, 0.717) is 13.0 Å². The topological polar surface area (TPSA) is 29.5 Å². The first-order chi connectivity index (χ1) is 10.4. The molecule has 0 saturated heterocycles. The Morgan fingerprint density at radius 1 is 0.952 bits per heavy atom. The molecule has 0 fully saturated rings. The number of benzene rings is 2. The standard InChI is InChI=1S/C19H20O2/c20-12-5-13-21-19-9-4-8-17-14-16(10-11-18(17)19)15-6-2-1-3-7-15/h1-4,6-9,14,20H,5,10-13H2. The van der Waals surface area contributed by atoms with Crippen LogP contribution in [0.3, 0.4) is 0 Å². The molecule has 108 valence electrons. The van der Waals surface area contributed by atoms with E-state index in [1.54, 1.807) is 0 Å². The molecule has 0 unspecified atom stereocenters. The molecule has 0 spiro atoms. The summed E-state index contributed by atoms with van der Waals surface area (Å²) in [6.07, 6.45) is 4.99. The highest BCUT2D eigenvalue weighted by Crippen LogP contribution is 2.34. The van der Waals surface area contributed by atoms with Crippen molar-refractivity contribution in [3.8, 4) is 5.75 Å². The van der Waals surface area contributed by atoms with Crippen molar-refractivity contribution in [2.24, 2.45) is 0 Å². The zero-order valence-corrected chi connectivity index (χ0v) is 12.1. The van der Waals surface area contributed by atoms with Gasteiger partial charge in [0.25, 0.3) is 0 Å². The molecule has 2 aromatic carbocycles. The van der Waals surface area contributed by atoms with Gasteiger partial charge in [-0.2, -0.15) is 0 Å². The van der Waals surface area contributed by atoms with Crippen molar-refractivity contribution in [2.45, 2.75) is 19.3 Å². The van der Waals surface area contributed by atoms with Gasteiger partial charge < -0.3 is 9.84 Å². The van der Waals surface area contributed by atoms with Gasteiger partial charge in [-0.1, -0.05) is 48.5 Å². The van der Waals surface area contributed by atoms with Crippen LogP contribution in [0.15, 0.2) is 48.5 Å². The van der Waals surface area contributed by atoms with Gasteiger partial charge in [0.05, 0.1) is 6.61 Å². The van der Waals surface area contributed by atoms with Gasteiger partial charge in [-0.15, -0.1) is 0 Å². The number of ether oxygens (including phenoxy) is 1. The van der Waals surface area contributed by atoms with Crippen molar-refractivity contribution in [3.63, 3.8) is 0 Å². The quantitative estimate of drug-likeness (QED) is 0.841. The predicted octanol–water partition coefficient (Wildman–Crippen LogP) is 3.93. The van der Waals surface area contributed by atoms with E-state index in [4.69, 9.17) is 9.84 Å². The number of aliphatic hydroxyl groups is 1. The first-order valence-electron chi connectivity index (χ1n) is 7.50. The van der Waals surface area contributed by atoms with Crippen LogP contribution in [0, 0.1) is 0 Å². The molecule has 0 aromatic heterocycles. The second-order valence-electron chi connectivity index (χ2n) is 5.29. The number of fused-ring (bicyclic) bond motifs is 1. The van der Waals surface area contributed by atoms with E-state index in [9.17, 15) is 0 Å². The van der Waals surface area contributed by atoms with Crippen molar-refractivity contribution in [1.82, 2.24) is 0 Å². The molecule has 21 heavy (non-hydrogen) atoms. The van der Waals surface area contributed by atoms with Gasteiger partial charge in [0.15, 0.2) is 0 Å². The first-order valence-corrected chi connectivity index (χ1v) is 7.50. The summed E-state index contributed by atoms with van der Waals surface area (Å²) < 4.78 is 5.80. The van der Waals surface area contributed by atoms with E-state index in [1.807, 2.05) is 18.2 Å². The first kappa shape index (κ1) is 13.9. The second kappa shape index (κ2) is 6.59. The van der Waals surface area contributed by atoms with Gasteiger partial charge in [0.1, 0.15) is 5.75 Å². The molecule has 1 aliphatic carbocycles. The lowest BCUT2D eigenvalue weighted by Gasteiger charge is -2.20. The highest BCUT2D eigenvalue weighted by Gasteiger charge is 2.15. The molecule has 2 aromatic rings. The molecule has 0 aliphatic heterocycles. The Kier molecular flexibility index (Phi) is 4.37. The van der Waals surface area contributed by atoms with Crippen LogP contribution in [-0.2, 0) is 6.42 Å². The van der Waals surface area contributed by atoms with Crippen LogP contribution < -0.4 is 4.74 Å². The Bertz CT molecular complexity index is 629. The Morgan fingerprint density at radius 2 is 1.81 bits per heavy atom. The molecule has 0 heterocycles. The maximum Gasteiger partial charge on any atom is 0.123 e. The van der Waals surface area contributed by atoms with E-state index in [2.05, 4.69) is 36.4 Å². The number of hydrogen-bond acceptors (Lipinski definition) is 2. The maximum atomic E-state index is 8.85. The van der Waals surface area contributed by atoms with E-state index >= 15 is 0 Å². The minimum atomic E-state index is 0.174. The van der Waals surface area contributed by atoms with Gasteiger partial charge >= 0.3 is 0 Å². The minimum absolute atomic E-state index is 0.174. The largest absolute Gasteiger partial charge is 0.493 e. The zero-order chi connectivity index (χ0) is 14.5. The normalized spacial score (nSPS) is 13.5. The highest BCUT2D eigenvalue weighted by molar-refractivity contribution is 5.85. The Hall–Kier alpha value is -2.06. The van der Waals surface area contributed by atoms with E-state index < -0.39 is 0 Å². The number of rotatable bonds is 5. The van der Waals surface area contributed by atoms with Crippen molar-refractivity contribution in [1.29, 1.82) is 0 Å². The molecule has 0 radical (unpaired) electrons. The summed E-state index contributed by atoms with van der Waals surface area (Å²) >= 11 is 0. The molecule has 2 heteroatoms. The van der Waals surface area contributed by atoms with Gasteiger partial charge in [-0.05, 0) is 35.6 Å². The van der Waals surface area contributed by atoms with Crippen LogP contribution in [-0.4, -0.2) is 18.3 Å². The van der Waals surface area contributed by atoms with Crippen molar-refractivity contribution in [3.05, 3.63) is 65.2 Å². The summed E-state index contributed by atoms with van der Waals surface area (Å²) in [5.41, 5.74) is 5.22. The SMILES string of the molecule is OCCCOc1cccc2c1CCC(c1ccccc1)=C2. The molecule has 3 rings (SSSR count). The molecule has 0 amide bonds. The average Bonchev–Trinajstić information content (AvgIpc) is 2.55. The van der Waals surface area contributed by atoms with Crippen LogP contribution in [0.1, 0.15) is 29.5 Å². The summed E-state index contributed by atoms with van der Waals surface area (Å²) in [4.78, 5) is 0. The van der Waals surface area contributed by atoms with E-state index in [-0.39, 0.29) is 6.61 Å². The third kappa shape index (κ3) is 3.17. The Morgan fingerprint density at radius 3 is 2.62 bits per heavy atom. The summed E-state index contributed by atoms with van der Waals surface area (Å²) in [6, 6.07) is 16.8. The molecule has 0 saturated carbocycles. The van der Waals surface area contributed by atoms with Crippen LogP contribution in [0.5, 0.6) is 5.75 Å². The fourth-order valence-electron chi connectivity index (χ4n) is 2.77. The average molecular weight is 280 g/mol. The Balaban J connectivity index is 1.86. The van der Waals surface area contributed by atoms with Crippen LogP contribution >= 0.6 is 0 Å². The lowest BCUT2D eigenvalue weighted by Crippen LogP contribution is -2.06. The third-order valence-corrected chi connectivity index (χ3v) is 3.85. The fourth-order valence-corrected chi connectivity index (χ4v) is 2.77. The van der Waals surface area contributed by atoms with Gasteiger partial charge in [-0.25, -0.2) is 0 Å². The van der Waals surface area contributed by atoms with Gasteiger partial charge in [-0.3, -0.25) is 0 Å². The van der Waals surface area contributed by atoms with Crippen molar-refractivity contribution >= 4 is 11.6 Å². The molecule has 0 bridgehead atoms. The molecule has 0 atom stereocenters. The van der Waals surface area contributed by atoms with Crippen molar-refractivity contribution < 1.29 is 9.84 Å². The number of hydrogen-bond donors (Lipinski definition) is 1. The lowest BCUT2D eigenvalue weighted by molar-refractivity contribution is 0.232. The fraction of sp³-hybridized carbons (Fsp3) is 0.263. The van der Waals surface area contributed by atoms with Crippen LogP contribution in [0.2, 0.25) is 0 Å². The molecule has 2 nitrogen and oxygen atoms in total. The number of allylic oxidation sites excluding steroid dienone is 1. The highest BCUT2D eigenvalue weighted by atomic mass is 16.5. The predicted molar refractivity (Wildman–Crippen MR) is 86.3 cm³/mol. The van der Waals surface area contributed by atoms with Gasteiger partial charge in [0.2, 0.25) is 0 Å². The zero-order valence-electron chi connectivity index (χ0n) is 12.1. The third-order valence-electron chi connectivity index (χ3n) is 3.85. The van der Waals surface area contributed by atoms with E-state index in [0.717, 1.165) is 18.6 Å². The molecular formula is C19H20O2. The second-order valence-corrected chi connectivity index (χ2v) is 5.29. The summed E-state index contributed by atoms with van der Waals surface area (Å²) in [5, 5.41) is 8.85. The van der Waals surface area contributed by atoms with E-state index in [1.165, 1.54) is 22.3 Å². The Labute approximate surface area is 125 Å². The monoisotopic (exact) mass is 280 g/mol. The van der Waals surface area contributed by atoms with Gasteiger partial charge in [0, 0.05) is 18.6 Å².